The van der Waals surface area contributed by atoms with Gasteiger partial charge in [0.15, 0.2) is 0 Å². The van der Waals surface area contributed by atoms with Gasteiger partial charge in [0, 0.05) is 23.1 Å². The van der Waals surface area contributed by atoms with Gasteiger partial charge in [-0.05, 0) is 35.6 Å². The smallest absolute Gasteiger partial charge is 0.404 e. The van der Waals surface area contributed by atoms with E-state index < -0.39 is 12.2 Å². The highest BCUT2D eigenvalue weighted by atomic mass is 32.1. The van der Waals surface area contributed by atoms with Gasteiger partial charge in [-0.15, -0.1) is 0 Å². The lowest BCUT2D eigenvalue weighted by Crippen LogP contribution is -2.23. The Morgan fingerprint density at radius 1 is 1.29 bits per heavy atom. The molecule has 2 rings (SSSR count). The molecule has 3 N–H and O–H groups in total. The molecule has 0 saturated carbocycles. The number of aliphatic hydroxyl groups is 1. The number of carboxylic acid groups (broad SMARTS) is 1. The molecule has 1 aromatic heterocycles. The fourth-order valence-corrected chi connectivity index (χ4v) is 2.37. The van der Waals surface area contributed by atoms with Crippen LogP contribution >= 0.6 is 11.3 Å². The molecule has 0 aliphatic rings. The lowest BCUT2D eigenvalue weighted by Gasteiger charge is -2.11. The summed E-state index contributed by atoms with van der Waals surface area (Å²) >= 11 is 1.60. The zero-order chi connectivity index (χ0) is 15.1. The second-order valence-corrected chi connectivity index (χ2v) is 5.20. The average Bonchev–Trinajstić information content (AvgIpc) is 2.98. The molecule has 1 heterocycles. The number of benzene rings is 1. The Morgan fingerprint density at radius 2 is 2.10 bits per heavy atom. The van der Waals surface area contributed by atoms with Crippen LogP contribution < -0.4 is 5.32 Å². The molecule has 1 atom stereocenters. The van der Waals surface area contributed by atoms with E-state index in [0.717, 1.165) is 16.7 Å². The average molecular weight is 301 g/mol. The second kappa shape index (κ2) is 7.48. The van der Waals surface area contributed by atoms with Gasteiger partial charge >= 0.3 is 6.09 Å². The number of thiophene rings is 1. The summed E-state index contributed by atoms with van der Waals surface area (Å²) in [5.74, 6) is 6.11. The van der Waals surface area contributed by atoms with Crippen LogP contribution in [0.2, 0.25) is 0 Å². The van der Waals surface area contributed by atoms with E-state index in [-0.39, 0.29) is 6.54 Å². The third-order valence-corrected chi connectivity index (χ3v) is 3.52. The Balaban J connectivity index is 2.01. The summed E-state index contributed by atoms with van der Waals surface area (Å²) in [5, 5.41) is 24.7. The summed E-state index contributed by atoms with van der Waals surface area (Å²) in [6.07, 6.45) is -1.47. The minimum atomic E-state index is -1.09. The summed E-state index contributed by atoms with van der Waals surface area (Å²) in [5.41, 5.74) is 2.53. The van der Waals surface area contributed by atoms with Crippen molar-refractivity contribution < 1.29 is 15.0 Å². The maximum atomic E-state index is 10.4. The van der Waals surface area contributed by atoms with Crippen molar-refractivity contribution in [1.82, 2.24) is 5.32 Å². The second-order valence-electron chi connectivity index (χ2n) is 4.42. The lowest BCUT2D eigenvalue weighted by atomic mass is 10.0. The first-order valence-corrected chi connectivity index (χ1v) is 7.38. The number of hydrogen-bond donors (Lipinski definition) is 3. The van der Waals surface area contributed by atoms with E-state index in [9.17, 15) is 9.90 Å². The topological polar surface area (TPSA) is 69.6 Å². The number of nitrogens with one attached hydrogen (secondary N) is 1. The summed E-state index contributed by atoms with van der Waals surface area (Å²) in [6, 6.07) is 9.30. The van der Waals surface area contributed by atoms with Gasteiger partial charge < -0.3 is 15.5 Å². The molecule has 1 unspecified atom stereocenters. The summed E-state index contributed by atoms with van der Waals surface area (Å²) < 4.78 is 0. The molecule has 1 amide bonds. The predicted molar refractivity (Wildman–Crippen MR) is 82.3 cm³/mol. The van der Waals surface area contributed by atoms with Crippen LogP contribution in [-0.2, 0) is 0 Å². The van der Waals surface area contributed by atoms with Crippen molar-refractivity contribution in [1.29, 1.82) is 0 Å². The number of amides is 1. The summed E-state index contributed by atoms with van der Waals surface area (Å²) in [4.78, 5) is 10.4. The Labute approximate surface area is 127 Å². The predicted octanol–water partition coefficient (Wildman–Crippen LogP) is 2.84. The van der Waals surface area contributed by atoms with Crippen LogP contribution in [0.25, 0.3) is 0 Å². The van der Waals surface area contributed by atoms with Gasteiger partial charge in [0.25, 0.3) is 0 Å². The van der Waals surface area contributed by atoms with Gasteiger partial charge in [0.2, 0.25) is 0 Å². The van der Waals surface area contributed by atoms with Gasteiger partial charge in [0.05, 0.1) is 6.10 Å². The van der Waals surface area contributed by atoms with Crippen LogP contribution in [-0.4, -0.2) is 22.9 Å². The Hall–Kier alpha value is -2.29. The van der Waals surface area contributed by atoms with Gasteiger partial charge in [-0.25, -0.2) is 4.79 Å². The normalized spacial score (nSPS) is 11.3. The number of rotatable bonds is 4. The van der Waals surface area contributed by atoms with Crippen LogP contribution in [0.3, 0.4) is 0 Å². The zero-order valence-electron chi connectivity index (χ0n) is 11.2. The molecule has 5 heteroatoms. The fraction of sp³-hybridized carbons (Fsp3) is 0.188. The first-order valence-electron chi connectivity index (χ1n) is 6.44. The molecule has 2 aromatic rings. The van der Waals surface area contributed by atoms with Crippen LogP contribution in [0.15, 0.2) is 41.1 Å². The van der Waals surface area contributed by atoms with E-state index in [1.54, 1.807) is 17.4 Å². The van der Waals surface area contributed by atoms with Crippen molar-refractivity contribution in [2.24, 2.45) is 0 Å². The molecular weight excluding hydrogens is 286 g/mol. The molecule has 0 radical (unpaired) electrons. The Morgan fingerprint density at radius 3 is 2.81 bits per heavy atom. The molecule has 21 heavy (non-hydrogen) atoms. The molecule has 0 aliphatic heterocycles. The standard InChI is InChI=1S/C16H15NO3S/c18-15(6-8-17-16(19)20)14-3-1-2-12(10-14)4-5-13-7-9-21-11-13/h1-3,7,9-11,15,17-18H,6,8H2,(H,19,20). The minimum absolute atomic E-state index is 0.210. The Kier molecular flexibility index (Phi) is 5.38. The van der Waals surface area contributed by atoms with E-state index in [1.807, 2.05) is 35.0 Å². The highest BCUT2D eigenvalue weighted by molar-refractivity contribution is 7.08. The summed E-state index contributed by atoms with van der Waals surface area (Å²) in [6.45, 7) is 0.210. The Bertz CT molecular complexity index is 656. The van der Waals surface area contributed by atoms with Crippen molar-refractivity contribution in [2.45, 2.75) is 12.5 Å². The molecular formula is C16H15NO3S. The molecule has 4 nitrogen and oxygen atoms in total. The van der Waals surface area contributed by atoms with Crippen molar-refractivity contribution in [3.8, 4) is 11.8 Å². The number of carbonyl (C=O) groups is 1. The van der Waals surface area contributed by atoms with E-state index in [1.165, 1.54) is 0 Å². The van der Waals surface area contributed by atoms with Crippen molar-refractivity contribution in [3.05, 3.63) is 57.8 Å². The highest BCUT2D eigenvalue weighted by Crippen LogP contribution is 2.17. The third kappa shape index (κ3) is 4.95. The molecule has 0 bridgehead atoms. The number of aliphatic hydroxyl groups excluding tert-OH is 1. The van der Waals surface area contributed by atoms with Crippen molar-refractivity contribution >= 4 is 17.4 Å². The molecule has 108 valence electrons. The van der Waals surface area contributed by atoms with Crippen LogP contribution in [0.5, 0.6) is 0 Å². The molecule has 0 saturated heterocycles. The number of hydrogen-bond acceptors (Lipinski definition) is 3. The van der Waals surface area contributed by atoms with Gasteiger partial charge in [-0.1, -0.05) is 24.0 Å². The van der Waals surface area contributed by atoms with Crippen LogP contribution in [0.1, 0.15) is 29.2 Å². The molecule has 0 spiro atoms. The largest absolute Gasteiger partial charge is 0.465 e. The van der Waals surface area contributed by atoms with Crippen molar-refractivity contribution in [2.75, 3.05) is 6.54 Å². The fourth-order valence-electron chi connectivity index (χ4n) is 1.79. The maximum Gasteiger partial charge on any atom is 0.404 e. The first-order chi connectivity index (χ1) is 10.1. The van der Waals surface area contributed by atoms with Crippen LogP contribution in [0, 0.1) is 11.8 Å². The quantitative estimate of drug-likeness (QED) is 0.761. The molecule has 0 fully saturated rings. The molecule has 0 aliphatic carbocycles. The van der Waals surface area contributed by atoms with E-state index >= 15 is 0 Å². The first kappa shape index (κ1) is 15.1. The molecule has 1 aromatic carbocycles. The summed E-state index contributed by atoms with van der Waals surface area (Å²) in [7, 11) is 0. The highest BCUT2D eigenvalue weighted by Gasteiger charge is 2.08. The van der Waals surface area contributed by atoms with Gasteiger partial charge in [-0.2, -0.15) is 11.3 Å². The van der Waals surface area contributed by atoms with Crippen molar-refractivity contribution in [3.63, 3.8) is 0 Å². The lowest BCUT2D eigenvalue weighted by molar-refractivity contribution is 0.162. The van der Waals surface area contributed by atoms with Gasteiger partial charge in [-0.3, -0.25) is 0 Å². The van der Waals surface area contributed by atoms with E-state index in [0.29, 0.717) is 6.42 Å². The minimum Gasteiger partial charge on any atom is -0.465 e. The van der Waals surface area contributed by atoms with Gasteiger partial charge in [0.1, 0.15) is 0 Å². The third-order valence-electron chi connectivity index (χ3n) is 2.84. The maximum absolute atomic E-state index is 10.4. The monoisotopic (exact) mass is 301 g/mol. The van der Waals surface area contributed by atoms with E-state index in [2.05, 4.69) is 17.2 Å². The SMILES string of the molecule is O=C(O)NCCC(O)c1cccc(C#Cc2ccsc2)c1. The van der Waals surface area contributed by atoms with Crippen LogP contribution in [0.4, 0.5) is 4.79 Å². The zero-order valence-corrected chi connectivity index (χ0v) is 12.1. The van der Waals surface area contributed by atoms with E-state index in [4.69, 9.17) is 5.11 Å².